The molecule has 0 heterocycles. The van der Waals surface area contributed by atoms with E-state index in [1.165, 1.54) is 24.0 Å². The number of rotatable bonds is 0. The Bertz CT molecular complexity index is 301. The van der Waals surface area contributed by atoms with Crippen LogP contribution in [0, 0.1) is 0 Å². The van der Waals surface area contributed by atoms with Crippen LogP contribution in [0.3, 0.4) is 0 Å². The summed E-state index contributed by atoms with van der Waals surface area (Å²) < 4.78 is 1.16. The molecule has 1 aliphatic carbocycles. The minimum atomic E-state index is 0. The second kappa shape index (κ2) is 4.45. The summed E-state index contributed by atoms with van der Waals surface area (Å²) in [5.74, 6) is 0. The number of benzene rings is 1. The molecule has 2 N–H and O–H groups in total. The van der Waals surface area contributed by atoms with Crippen molar-refractivity contribution in [1.82, 2.24) is 0 Å². The molecule has 1 atom stereocenters. The number of hydrogen-bond acceptors (Lipinski definition) is 1. The molecule has 0 saturated carbocycles. The monoisotopic (exact) mass is 261 g/mol. The lowest BCUT2D eigenvalue weighted by Crippen LogP contribution is -2.17. The minimum absolute atomic E-state index is 0. The Morgan fingerprint density at radius 2 is 2.15 bits per heavy atom. The van der Waals surface area contributed by atoms with E-state index in [4.69, 9.17) is 5.73 Å². The van der Waals surface area contributed by atoms with E-state index in [1.54, 1.807) is 0 Å². The summed E-state index contributed by atoms with van der Waals surface area (Å²) in [6, 6.07) is 6.67. The van der Waals surface area contributed by atoms with E-state index < -0.39 is 0 Å². The molecule has 1 aliphatic rings. The maximum Gasteiger partial charge on any atom is 0.0297 e. The molecular formula is C10H13BrClN. The average molecular weight is 263 g/mol. The first-order chi connectivity index (χ1) is 5.77. The van der Waals surface area contributed by atoms with Crippen LogP contribution in [-0.2, 0) is 6.42 Å². The molecule has 0 radical (unpaired) electrons. The maximum absolute atomic E-state index is 5.98. The van der Waals surface area contributed by atoms with Gasteiger partial charge in [-0.1, -0.05) is 22.0 Å². The van der Waals surface area contributed by atoms with Gasteiger partial charge in [0, 0.05) is 10.5 Å². The van der Waals surface area contributed by atoms with Crippen LogP contribution in [0.1, 0.15) is 30.0 Å². The zero-order valence-electron chi connectivity index (χ0n) is 7.29. The quantitative estimate of drug-likeness (QED) is 0.763. The summed E-state index contributed by atoms with van der Waals surface area (Å²) in [5.41, 5.74) is 8.74. The standard InChI is InChI=1S/C10H12BrN.ClH/c11-8-4-5-9-7(6-8)2-1-3-10(9)12;/h4-6,10H,1-3,12H2;1H/t10-;/m0./s1. The van der Waals surface area contributed by atoms with Crippen LogP contribution in [0.5, 0.6) is 0 Å². The number of halogens is 2. The van der Waals surface area contributed by atoms with Crippen molar-refractivity contribution < 1.29 is 0 Å². The lowest BCUT2D eigenvalue weighted by molar-refractivity contribution is 0.570. The Labute approximate surface area is 93.2 Å². The van der Waals surface area contributed by atoms with Gasteiger partial charge in [-0.3, -0.25) is 0 Å². The van der Waals surface area contributed by atoms with Crippen molar-refractivity contribution in [2.45, 2.75) is 25.3 Å². The number of nitrogens with two attached hydrogens (primary N) is 1. The Balaban J connectivity index is 0.000000845. The third-order valence-corrected chi connectivity index (χ3v) is 2.96. The first kappa shape index (κ1) is 11.0. The van der Waals surface area contributed by atoms with Crippen LogP contribution >= 0.6 is 28.3 Å². The Morgan fingerprint density at radius 1 is 1.38 bits per heavy atom. The van der Waals surface area contributed by atoms with E-state index in [9.17, 15) is 0 Å². The van der Waals surface area contributed by atoms with Gasteiger partial charge in [0.15, 0.2) is 0 Å². The molecule has 1 aromatic carbocycles. The van der Waals surface area contributed by atoms with Gasteiger partial charge >= 0.3 is 0 Å². The second-order valence-electron chi connectivity index (χ2n) is 3.34. The van der Waals surface area contributed by atoms with Crippen molar-refractivity contribution in [1.29, 1.82) is 0 Å². The Morgan fingerprint density at radius 3 is 2.92 bits per heavy atom. The largest absolute Gasteiger partial charge is 0.324 e. The van der Waals surface area contributed by atoms with Gasteiger partial charge in [0.05, 0.1) is 0 Å². The Kier molecular flexibility index (Phi) is 3.77. The van der Waals surface area contributed by atoms with Crippen LogP contribution in [-0.4, -0.2) is 0 Å². The van der Waals surface area contributed by atoms with Gasteiger partial charge in [0.25, 0.3) is 0 Å². The van der Waals surface area contributed by atoms with E-state index in [0.717, 1.165) is 10.9 Å². The minimum Gasteiger partial charge on any atom is -0.324 e. The van der Waals surface area contributed by atoms with Crippen LogP contribution in [0.2, 0.25) is 0 Å². The van der Waals surface area contributed by atoms with E-state index in [2.05, 4.69) is 34.1 Å². The van der Waals surface area contributed by atoms with Crippen molar-refractivity contribution in [2.24, 2.45) is 5.73 Å². The van der Waals surface area contributed by atoms with E-state index in [1.807, 2.05) is 0 Å². The molecule has 72 valence electrons. The fourth-order valence-electron chi connectivity index (χ4n) is 1.82. The lowest BCUT2D eigenvalue weighted by atomic mass is 9.88. The lowest BCUT2D eigenvalue weighted by Gasteiger charge is -2.21. The third-order valence-electron chi connectivity index (χ3n) is 2.47. The molecule has 0 aliphatic heterocycles. The summed E-state index contributed by atoms with van der Waals surface area (Å²) >= 11 is 3.47. The average Bonchev–Trinajstić information content (AvgIpc) is 2.04. The van der Waals surface area contributed by atoms with Gasteiger partial charge in [-0.25, -0.2) is 0 Å². The highest BCUT2D eigenvalue weighted by Crippen LogP contribution is 2.29. The van der Waals surface area contributed by atoms with Crippen LogP contribution < -0.4 is 5.73 Å². The fourth-order valence-corrected chi connectivity index (χ4v) is 2.23. The number of fused-ring (bicyclic) bond motifs is 1. The molecule has 1 nitrogen and oxygen atoms in total. The van der Waals surface area contributed by atoms with Crippen molar-refractivity contribution in [3.8, 4) is 0 Å². The molecule has 0 unspecified atom stereocenters. The van der Waals surface area contributed by atoms with Gasteiger partial charge in [-0.05, 0) is 42.5 Å². The Hall–Kier alpha value is -0.0500. The van der Waals surface area contributed by atoms with Crippen molar-refractivity contribution in [3.05, 3.63) is 33.8 Å². The molecule has 13 heavy (non-hydrogen) atoms. The highest BCUT2D eigenvalue weighted by Gasteiger charge is 2.15. The molecule has 0 fully saturated rings. The van der Waals surface area contributed by atoms with Gasteiger partial charge in [-0.2, -0.15) is 0 Å². The summed E-state index contributed by atoms with van der Waals surface area (Å²) in [7, 11) is 0. The summed E-state index contributed by atoms with van der Waals surface area (Å²) in [5, 5.41) is 0. The van der Waals surface area contributed by atoms with Gasteiger partial charge in [0.1, 0.15) is 0 Å². The fraction of sp³-hybridized carbons (Fsp3) is 0.400. The summed E-state index contributed by atoms with van der Waals surface area (Å²) in [4.78, 5) is 0. The topological polar surface area (TPSA) is 26.0 Å². The van der Waals surface area contributed by atoms with Gasteiger partial charge < -0.3 is 5.73 Å². The second-order valence-corrected chi connectivity index (χ2v) is 4.26. The van der Waals surface area contributed by atoms with E-state index >= 15 is 0 Å². The molecule has 0 saturated heterocycles. The van der Waals surface area contributed by atoms with Gasteiger partial charge in [-0.15, -0.1) is 12.4 Å². The predicted octanol–water partition coefficient (Wildman–Crippen LogP) is 3.21. The maximum atomic E-state index is 5.98. The summed E-state index contributed by atoms with van der Waals surface area (Å²) in [6.07, 6.45) is 3.54. The van der Waals surface area contributed by atoms with Crippen LogP contribution in [0.4, 0.5) is 0 Å². The number of hydrogen-bond donors (Lipinski definition) is 1. The normalized spacial score (nSPS) is 20.3. The summed E-state index contributed by atoms with van der Waals surface area (Å²) in [6.45, 7) is 0. The first-order valence-corrected chi connectivity index (χ1v) is 5.10. The first-order valence-electron chi connectivity index (χ1n) is 4.31. The molecule has 0 bridgehead atoms. The SMILES string of the molecule is Cl.N[C@H]1CCCc2cc(Br)ccc21. The van der Waals surface area contributed by atoms with Crippen LogP contribution in [0.25, 0.3) is 0 Å². The molecule has 0 aromatic heterocycles. The zero-order chi connectivity index (χ0) is 8.55. The van der Waals surface area contributed by atoms with Gasteiger partial charge in [0.2, 0.25) is 0 Å². The highest BCUT2D eigenvalue weighted by atomic mass is 79.9. The van der Waals surface area contributed by atoms with E-state index in [-0.39, 0.29) is 18.4 Å². The molecular weight excluding hydrogens is 249 g/mol. The van der Waals surface area contributed by atoms with Crippen molar-refractivity contribution >= 4 is 28.3 Å². The molecule has 1 aromatic rings. The highest BCUT2D eigenvalue weighted by molar-refractivity contribution is 9.10. The van der Waals surface area contributed by atoms with Crippen molar-refractivity contribution in [2.75, 3.05) is 0 Å². The smallest absolute Gasteiger partial charge is 0.0297 e. The number of aryl methyl sites for hydroxylation is 1. The molecule has 2 rings (SSSR count). The zero-order valence-corrected chi connectivity index (χ0v) is 9.70. The van der Waals surface area contributed by atoms with Crippen LogP contribution in [0.15, 0.2) is 22.7 Å². The predicted molar refractivity (Wildman–Crippen MR) is 61.3 cm³/mol. The third kappa shape index (κ3) is 2.25. The van der Waals surface area contributed by atoms with E-state index in [0.29, 0.717) is 0 Å². The molecule has 3 heteroatoms. The molecule has 0 spiro atoms. The molecule has 0 amide bonds. The van der Waals surface area contributed by atoms with Crippen molar-refractivity contribution in [3.63, 3.8) is 0 Å².